The fourth-order valence-corrected chi connectivity index (χ4v) is 3.57. The van der Waals surface area contributed by atoms with Crippen LogP contribution in [0.3, 0.4) is 0 Å². The van der Waals surface area contributed by atoms with Crippen molar-refractivity contribution in [1.29, 1.82) is 0 Å². The Kier molecular flexibility index (Phi) is 4.14. The highest BCUT2D eigenvalue weighted by Gasteiger charge is 2.25. The van der Waals surface area contributed by atoms with Gasteiger partial charge in [-0.05, 0) is 31.4 Å². The van der Waals surface area contributed by atoms with E-state index in [0.717, 1.165) is 6.42 Å². The topological polar surface area (TPSA) is 32.3 Å². The van der Waals surface area contributed by atoms with Gasteiger partial charge in [0.1, 0.15) is 0 Å². The first kappa shape index (κ1) is 10.8. The maximum absolute atomic E-state index is 9.83. The molecule has 1 heterocycles. The number of thioether (sulfide) groups is 1. The summed E-state index contributed by atoms with van der Waals surface area (Å²) in [7, 11) is 0. The quantitative estimate of drug-likeness (QED) is 0.736. The summed E-state index contributed by atoms with van der Waals surface area (Å²) in [5.74, 6) is 2.56. The Balaban J connectivity index is 1.76. The summed E-state index contributed by atoms with van der Waals surface area (Å²) in [6, 6.07) is 1.04. The normalized spacial score (nSPS) is 39.6. The molecule has 0 unspecified atom stereocenters. The third-order valence-electron chi connectivity index (χ3n) is 3.34. The first-order valence-electron chi connectivity index (χ1n) is 5.88. The van der Waals surface area contributed by atoms with Crippen LogP contribution < -0.4 is 5.32 Å². The van der Waals surface area contributed by atoms with Crippen LogP contribution >= 0.6 is 11.8 Å². The van der Waals surface area contributed by atoms with Crippen LogP contribution in [0.1, 0.15) is 38.5 Å². The third-order valence-corrected chi connectivity index (χ3v) is 4.55. The maximum atomic E-state index is 9.83. The molecule has 0 aromatic rings. The van der Waals surface area contributed by atoms with E-state index < -0.39 is 0 Å². The summed E-state index contributed by atoms with van der Waals surface area (Å²) >= 11 is 2.05. The Bertz CT molecular complexity index is 171. The van der Waals surface area contributed by atoms with Gasteiger partial charge in [-0.15, -0.1) is 0 Å². The highest BCUT2D eigenvalue weighted by atomic mass is 32.2. The number of hydrogen-bond donors (Lipinski definition) is 2. The van der Waals surface area contributed by atoms with Gasteiger partial charge in [-0.2, -0.15) is 11.8 Å². The van der Waals surface area contributed by atoms with Crippen LogP contribution in [0, 0.1) is 0 Å². The lowest BCUT2D eigenvalue weighted by molar-refractivity contribution is 0.0855. The SMILES string of the molecule is O[C@@H]1CCCC[C@@H]1N[C@@H]1CCCSC1. The van der Waals surface area contributed by atoms with Gasteiger partial charge in [0.05, 0.1) is 6.10 Å². The molecule has 3 atom stereocenters. The molecule has 82 valence electrons. The minimum atomic E-state index is -0.0873. The lowest BCUT2D eigenvalue weighted by Crippen LogP contribution is -2.48. The van der Waals surface area contributed by atoms with Crippen LogP contribution in [0.2, 0.25) is 0 Å². The fourth-order valence-electron chi connectivity index (χ4n) is 2.48. The molecule has 2 N–H and O–H groups in total. The lowest BCUT2D eigenvalue weighted by atomic mass is 9.92. The Hall–Kier alpha value is 0.270. The highest BCUT2D eigenvalue weighted by molar-refractivity contribution is 7.99. The third kappa shape index (κ3) is 2.88. The summed E-state index contributed by atoms with van der Waals surface area (Å²) < 4.78 is 0. The molecule has 1 aliphatic heterocycles. The minimum Gasteiger partial charge on any atom is -0.392 e. The van der Waals surface area contributed by atoms with Crippen molar-refractivity contribution in [3.63, 3.8) is 0 Å². The van der Waals surface area contributed by atoms with Gasteiger partial charge < -0.3 is 10.4 Å². The number of hydrogen-bond acceptors (Lipinski definition) is 3. The lowest BCUT2D eigenvalue weighted by Gasteiger charge is -2.33. The number of rotatable bonds is 2. The Labute approximate surface area is 90.8 Å². The molecule has 0 radical (unpaired) electrons. The minimum absolute atomic E-state index is 0.0873. The van der Waals surface area contributed by atoms with Gasteiger partial charge in [-0.3, -0.25) is 0 Å². The molecule has 0 amide bonds. The molecule has 3 heteroatoms. The van der Waals surface area contributed by atoms with Gasteiger partial charge >= 0.3 is 0 Å². The van der Waals surface area contributed by atoms with Gasteiger partial charge in [0, 0.05) is 17.8 Å². The van der Waals surface area contributed by atoms with Crippen molar-refractivity contribution in [3.05, 3.63) is 0 Å². The molecular weight excluding hydrogens is 194 g/mol. The molecule has 0 aromatic heterocycles. The van der Waals surface area contributed by atoms with E-state index in [1.165, 1.54) is 43.6 Å². The molecule has 1 saturated heterocycles. The number of aliphatic hydroxyl groups excluding tert-OH is 1. The van der Waals surface area contributed by atoms with Crippen molar-refractivity contribution in [3.8, 4) is 0 Å². The standard InChI is InChI=1S/C11H21NOS/c13-11-6-2-1-5-10(11)12-9-4-3-7-14-8-9/h9-13H,1-8H2/t9-,10+,11-/m1/s1. The fraction of sp³-hybridized carbons (Fsp3) is 1.00. The van der Waals surface area contributed by atoms with Crippen LogP contribution in [-0.4, -0.2) is 34.8 Å². The molecule has 2 aliphatic rings. The van der Waals surface area contributed by atoms with E-state index >= 15 is 0 Å². The number of nitrogens with one attached hydrogen (secondary N) is 1. The summed E-state index contributed by atoms with van der Waals surface area (Å²) in [5, 5.41) is 13.5. The number of aliphatic hydroxyl groups is 1. The summed E-state index contributed by atoms with van der Waals surface area (Å²) in [5.41, 5.74) is 0. The van der Waals surface area contributed by atoms with E-state index in [0.29, 0.717) is 12.1 Å². The zero-order chi connectivity index (χ0) is 9.80. The molecule has 0 spiro atoms. The van der Waals surface area contributed by atoms with E-state index in [9.17, 15) is 5.11 Å². The van der Waals surface area contributed by atoms with Gasteiger partial charge in [-0.1, -0.05) is 12.8 Å². The van der Waals surface area contributed by atoms with Crippen molar-refractivity contribution in [1.82, 2.24) is 5.32 Å². The second kappa shape index (κ2) is 5.38. The summed E-state index contributed by atoms with van der Waals surface area (Å²) in [6.45, 7) is 0. The predicted octanol–water partition coefficient (Wildman–Crippen LogP) is 1.78. The zero-order valence-corrected chi connectivity index (χ0v) is 9.56. The Morgan fingerprint density at radius 3 is 2.64 bits per heavy atom. The second-order valence-electron chi connectivity index (χ2n) is 4.54. The van der Waals surface area contributed by atoms with Crippen molar-refractivity contribution in [2.75, 3.05) is 11.5 Å². The van der Waals surface area contributed by atoms with E-state index in [2.05, 4.69) is 5.32 Å². The zero-order valence-electron chi connectivity index (χ0n) is 8.74. The van der Waals surface area contributed by atoms with E-state index in [-0.39, 0.29) is 6.10 Å². The van der Waals surface area contributed by atoms with Crippen LogP contribution in [0.15, 0.2) is 0 Å². The van der Waals surface area contributed by atoms with Gasteiger partial charge in [-0.25, -0.2) is 0 Å². The van der Waals surface area contributed by atoms with Gasteiger partial charge in [0.25, 0.3) is 0 Å². The molecular formula is C11H21NOS. The Morgan fingerprint density at radius 1 is 1.07 bits per heavy atom. The van der Waals surface area contributed by atoms with Gasteiger partial charge in [0.2, 0.25) is 0 Å². The average molecular weight is 215 g/mol. The van der Waals surface area contributed by atoms with Crippen LogP contribution in [0.5, 0.6) is 0 Å². The van der Waals surface area contributed by atoms with Crippen LogP contribution in [-0.2, 0) is 0 Å². The summed E-state index contributed by atoms with van der Waals surface area (Å²) in [6.07, 6.45) is 7.21. The van der Waals surface area contributed by atoms with E-state index in [1.54, 1.807) is 0 Å². The smallest absolute Gasteiger partial charge is 0.0693 e. The largest absolute Gasteiger partial charge is 0.392 e. The van der Waals surface area contributed by atoms with Crippen molar-refractivity contribution < 1.29 is 5.11 Å². The Morgan fingerprint density at radius 2 is 1.93 bits per heavy atom. The van der Waals surface area contributed by atoms with E-state index in [4.69, 9.17) is 0 Å². The van der Waals surface area contributed by atoms with Crippen molar-refractivity contribution in [2.24, 2.45) is 0 Å². The van der Waals surface area contributed by atoms with E-state index in [1.807, 2.05) is 11.8 Å². The van der Waals surface area contributed by atoms with Crippen LogP contribution in [0.25, 0.3) is 0 Å². The van der Waals surface area contributed by atoms with Crippen molar-refractivity contribution in [2.45, 2.75) is 56.7 Å². The monoisotopic (exact) mass is 215 g/mol. The molecule has 1 aliphatic carbocycles. The maximum Gasteiger partial charge on any atom is 0.0693 e. The molecule has 1 saturated carbocycles. The molecule has 2 fully saturated rings. The first-order chi connectivity index (χ1) is 6.86. The molecule has 2 rings (SSSR count). The predicted molar refractivity (Wildman–Crippen MR) is 61.7 cm³/mol. The average Bonchev–Trinajstić information content (AvgIpc) is 2.23. The van der Waals surface area contributed by atoms with Gasteiger partial charge in [0.15, 0.2) is 0 Å². The van der Waals surface area contributed by atoms with Crippen molar-refractivity contribution >= 4 is 11.8 Å². The molecule has 14 heavy (non-hydrogen) atoms. The molecule has 2 nitrogen and oxygen atoms in total. The first-order valence-corrected chi connectivity index (χ1v) is 7.03. The second-order valence-corrected chi connectivity index (χ2v) is 5.69. The molecule has 0 aromatic carbocycles. The summed E-state index contributed by atoms with van der Waals surface area (Å²) in [4.78, 5) is 0. The highest BCUT2D eigenvalue weighted by Crippen LogP contribution is 2.22. The van der Waals surface area contributed by atoms with Crippen LogP contribution in [0.4, 0.5) is 0 Å². The molecule has 0 bridgehead atoms.